The molecule has 2 aromatic heterocycles. The molecular formula is C12H15N5O2. The van der Waals surface area contributed by atoms with Crippen molar-refractivity contribution >= 4 is 11.6 Å². The monoisotopic (exact) mass is 261 g/mol. The molecule has 0 aliphatic carbocycles. The predicted molar refractivity (Wildman–Crippen MR) is 70.9 cm³/mol. The number of imidazole rings is 1. The molecule has 0 aliphatic rings. The van der Waals surface area contributed by atoms with E-state index >= 15 is 0 Å². The fourth-order valence-corrected chi connectivity index (χ4v) is 1.82. The smallest absolute Gasteiger partial charge is 0.358 e. The Balaban J connectivity index is 2.31. The zero-order valence-electron chi connectivity index (χ0n) is 11.0. The molecular weight excluding hydrogens is 246 g/mol. The lowest BCUT2D eigenvalue weighted by Gasteiger charge is -2.15. The third kappa shape index (κ3) is 2.54. The summed E-state index contributed by atoms with van der Waals surface area (Å²) in [6, 6.07) is 3.66. The van der Waals surface area contributed by atoms with Crippen molar-refractivity contribution in [2.45, 2.75) is 19.9 Å². The largest absolute Gasteiger partial charge is 0.406 e. The Morgan fingerprint density at radius 2 is 2.05 bits per heavy atom. The minimum atomic E-state index is -0.478. The van der Waals surface area contributed by atoms with E-state index in [1.54, 1.807) is 30.9 Å². The van der Waals surface area contributed by atoms with Gasteiger partial charge in [0.15, 0.2) is 0 Å². The maximum atomic E-state index is 11.0. The number of anilines is 1. The number of aryl methyl sites for hydroxylation is 1. The topological polar surface area (TPSA) is 85.9 Å². The van der Waals surface area contributed by atoms with Crippen LogP contribution in [-0.4, -0.2) is 19.5 Å². The second-order valence-corrected chi connectivity index (χ2v) is 4.29. The highest BCUT2D eigenvalue weighted by molar-refractivity contribution is 5.54. The lowest BCUT2D eigenvalue weighted by molar-refractivity contribution is -0.388. The molecule has 0 amide bonds. The van der Waals surface area contributed by atoms with Crippen molar-refractivity contribution in [2.75, 3.05) is 5.32 Å². The first-order valence-electron chi connectivity index (χ1n) is 5.85. The maximum absolute atomic E-state index is 11.0. The highest BCUT2D eigenvalue weighted by Crippen LogP contribution is 2.27. The molecule has 2 heterocycles. The fraction of sp³-hybridized carbons (Fsp3) is 0.333. The Hall–Kier alpha value is -2.44. The summed E-state index contributed by atoms with van der Waals surface area (Å²) in [5.41, 5.74) is 1.00. The molecule has 0 aliphatic heterocycles. The van der Waals surface area contributed by atoms with Crippen molar-refractivity contribution in [1.29, 1.82) is 0 Å². The van der Waals surface area contributed by atoms with Crippen LogP contribution in [0.25, 0.3) is 0 Å². The van der Waals surface area contributed by atoms with Crippen LogP contribution in [0.2, 0.25) is 0 Å². The second kappa shape index (κ2) is 5.05. The molecule has 2 aromatic rings. The molecule has 0 spiro atoms. The van der Waals surface area contributed by atoms with Gasteiger partial charge in [-0.2, -0.15) is 0 Å². The van der Waals surface area contributed by atoms with E-state index in [2.05, 4.69) is 15.3 Å². The van der Waals surface area contributed by atoms with Crippen LogP contribution in [0.3, 0.4) is 0 Å². The number of rotatable bonds is 4. The molecule has 7 nitrogen and oxygen atoms in total. The fourth-order valence-electron chi connectivity index (χ4n) is 1.82. The SMILES string of the molecule is Cc1nc([N+](=O)[O-])c(NC(C)c2ccncc2)n1C. The van der Waals surface area contributed by atoms with Crippen molar-refractivity contribution in [3.63, 3.8) is 0 Å². The molecule has 0 radical (unpaired) electrons. The second-order valence-electron chi connectivity index (χ2n) is 4.29. The van der Waals surface area contributed by atoms with Crippen molar-refractivity contribution in [3.8, 4) is 0 Å². The number of hydrogen-bond acceptors (Lipinski definition) is 5. The maximum Gasteiger partial charge on any atom is 0.406 e. The van der Waals surface area contributed by atoms with Gasteiger partial charge in [-0.05, 0) is 34.5 Å². The summed E-state index contributed by atoms with van der Waals surface area (Å²) in [5.74, 6) is 0.851. The summed E-state index contributed by atoms with van der Waals surface area (Å²) in [6.45, 7) is 3.66. The van der Waals surface area contributed by atoms with Gasteiger partial charge in [-0.25, -0.2) is 0 Å². The standard InChI is InChI=1S/C12H15N5O2/c1-8(10-4-6-13-7-5-10)14-11-12(17(18)19)15-9(2)16(11)3/h4-8,14H,1-3H3. The van der Waals surface area contributed by atoms with Gasteiger partial charge in [0.1, 0.15) is 0 Å². The highest BCUT2D eigenvalue weighted by Gasteiger charge is 2.24. The number of aromatic nitrogens is 3. The number of nitro groups is 1. The van der Waals surface area contributed by atoms with Crippen LogP contribution in [0.1, 0.15) is 24.4 Å². The van der Waals surface area contributed by atoms with Gasteiger partial charge in [0, 0.05) is 26.4 Å². The molecule has 100 valence electrons. The van der Waals surface area contributed by atoms with Crippen LogP contribution in [0.15, 0.2) is 24.5 Å². The summed E-state index contributed by atoms with van der Waals surface area (Å²) in [7, 11) is 1.75. The number of pyridine rings is 1. The van der Waals surface area contributed by atoms with E-state index in [4.69, 9.17) is 0 Å². The van der Waals surface area contributed by atoms with Crippen LogP contribution in [0, 0.1) is 17.0 Å². The third-order valence-corrected chi connectivity index (χ3v) is 3.03. The van der Waals surface area contributed by atoms with Gasteiger partial charge in [0.05, 0.1) is 6.04 Å². The molecule has 7 heteroatoms. The van der Waals surface area contributed by atoms with Gasteiger partial charge in [-0.1, -0.05) is 0 Å². The Labute approximate surface area is 110 Å². The van der Waals surface area contributed by atoms with Crippen LogP contribution < -0.4 is 5.32 Å². The molecule has 2 rings (SSSR count). The van der Waals surface area contributed by atoms with E-state index in [1.807, 2.05) is 19.1 Å². The summed E-state index contributed by atoms with van der Waals surface area (Å²) in [5, 5.41) is 14.1. The van der Waals surface area contributed by atoms with Crippen molar-refractivity contribution < 1.29 is 4.92 Å². The minimum absolute atomic E-state index is 0.0727. The summed E-state index contributed by atoms with van der Waals surface area (Å²) in [4.78, 5) is 18.4. The number of nitrogens with one attached hydrogen (secondary N) is 1. The quantitative estimate of drug-likeness (QED) is 0.673. The first-order chi connectivity index (χ1) is 9.00. The lowest BCUT2D eigenvalue weighted by atomic mass is 10.1. The lowest BCUT2D eigenvalue weighted by Crippen LogP contribution is -2.11. The molecule has 1 N–H and O–H groups in total. The minimum Gasteiger partial charge on any atom is -0.358 e. The van der Waals surface area contributed by atoms with Gasteiger partial charge in [-0.15, -0.1) is 0 Å². The van der Waals surface area contributed by atoms with E-state index in [0.717, 1.165) is 5.56 Å². The van der Waals surface area contributed by atoms with E-state index in [0.29, 0.717) is 11.6 Å². The van der Waals surface area contributed by atoms with E-state index in [9.17, 15) is 10.1 Å². The zero-order valence-corrected chi connectivity index (χ0v) is 11.0. The van der Waals surface area contributed by atoms with Crippen LogP contribution in [-0.2, 0) is 7.05 Å². The third-order valence-electron chi connectivity index (χ3n) is 3.03. The number of nitrogens with zero attached hydrogens (tertiary/aromatic N) is 4. The molecule has 0 saturated carbocycles. The molecule has 0 saturated heterocycles. The van der Waals surface area contributed by atoms with Gasteiger partial charge in [-0.3, -0.25) is 9.55 Å². The van der Waals surface area contributed by atoms with E-state index < -0.39 is 4.92 Å². The molecule has 1 unspecified atom stereocenters. The highest BCUT2D eigenvalue weighted by atomic mass is 16.6. The van der Waals surface area contributed by atoms with Crippen LogP contribution >= 0.6 is 0 Å². The van der Waals surface area contributed by atoms with E-state index in [1.165, 1.54) is 0 Å². The first kappa shape index (κ1) is 13.0. The van der Waals surface area contributed by atoms with Gasteiger partial charge in [0.2, 0.25) is 11.6 Å². The van der Waals surface area contributed by atoms with Crippen LogP contribution in [0.4, 0.5) is 11.6 Å². The molecule has 0 bridgehead atoms. The Morgan fingerprint density at radius 1 is 1.42 bits per heavy atom. The molecule has 0 fully saturated rings. The summed E-state index contributed by atoms with van der Waals surface area (Å²) in [6.07, 6.45) is 3.38. The predicted octanol–water partition coefficient (Wildman–Crippen LogP) is 2.20. The van der Waals surface area contributed by atoms with Crippen molar-refractivity contribution in [1.82, 2.24) is 14.5 Å². The normalized spacial score (nSPS) is 12.2. The first-order valence-corrected chi connectivity index (χ1v) is 5.85. The molecule has 0 aromatic carbocycles. The Kier molecular flexibility index (Phi) is 3.46. The Morgan fingerprint density at radius 3 is 2.63 bits per heavy atom. The van der Waals surface area contributed by atoms with Gasteiger partial charge in [0.25, 0.3) is 0 Å². The molecule has 19 heavy (non-hydrogen) atoms. The summed E-state index contributed by atoms with van der Waals surface area (Å²) >= 11 is 0. The number of hydrogen-bond donors (Lipinski definition) is 1. The van der Waals surface area contributed by atoms with Crippen molar-refractivity contribution in [3.05, 3.63) is 46.0 Å². The molecule has 1 atom stereocenters. The van der Waals surface area contributed by atoms with Crippen molar-refractivity contribution in [2.24, 2.45) is 7.05 Å². The average Bonchev–Trinajstić information content (AvgIpc) is 2.68. The van der Waals surface area contributed by atoms with Crippen LogP contribution in [0.5, 0.6) is 0 Å². The zero-order chi connectivity index (χ0) is 14.0. The van der Waals surface area contributed by atoms with E-state index in [-0.39, 0.29) is 11.9 Å². The Bertz CT molecular complexity index is 594. The van der Waals surface area contributed by atoms with Gasteiger partial charge >= 0.3 is 5.82 Å². The van der Waals surface area contributed by atoms with Gasteiger partial charge < -0.3 is 15.4 Å². The average molecular weight is 261 g/mol. The summed E-state index contributed by atoms with van der Waals surface area (Å²) < 4.78 is 1.68.